The number of hydrogen-bond donors (Lipinski definition) is 2. The molecule has 2 atom stereocenters. The van der Waals surface area contributed by atoms with E-state index in [0.29, 0.717) is 24.5 Å². The summed E-state index contributed by atoms with van der Waals surface area (Å²) in [5.41, 5.74) is 1.90. The minimum absolute atomic E-state index is 0.0195. The number of nitrogens with zero attached hydrogens (tertiary/aromatic N) is 1. The average Bonchev–Trinajstić information content (AvgIpc) is 3.03. The standard InChI is InChI=1S/C31H36N2O8S/c1-38-26-10-8-24(9-11-26)25-20-29(31(35)32-22-23-6-4-3-5-7-23)41-30(21-25)40-19-17-33(16-18-34)42(36,37)28-14-12-27(39-2)13-15-28/h3-15,20,25,30,34H,16-19,21-22H2,1-2H3,(H,32,35)/t25-,30+/m0/s1. The number of benzene rings is 3. The van der Waals surface area contributed by atoms with Crippen molar-refractivity contribution < 1.29 is 37.3 Å². The third-order valence-corrected chi connectivity index (χ3v) is 8.72. The Labute approximate surface area is 246 Å². The smallest absolute Gasteiger partial charge is 0.286 e. The second-order valence-corrected chi connectivity index (χ2v) is 11.5. The topological polar surface area (TPSA) is 124 Å². The monoisotopic (exact) mass is 596 g/mol. The van der Waals surface area contributed by atoms with Crippen LogP contribution >= 0.6 is 0 Å². The number of nitrogens with one attached hydrogen (secondary N) is 1. The van der Waals surface area contributed by atoms with E-state index >= 15 is 0 Å². The molecule has 224 valence electrons. The van der Waals surface area contributed by atoms with E-state index in [9.17, 15) is 18.3 Å². The Balaban J connectivity index is 1.45. The second kappa shape index (κ2) is 14.8. The minimum Gasteiger partial charge on any atom is -0.497 e. The van der Waals surface area contributed by atoms with Crippen molar-refractivity contribution in [1.29, 1.82) is 0 Å². The average molecular weight is 597 g/mol. The molecule has 1 heterocycles. The van der Waals surface area contributed by atoms with Gasteiger partial charge in [-0.15, -0.1) is 0 Å². The third-order valence-electron chi connectivity index (χ3n) is 6.81. The Morgan fingerprint density at radius 1 is 0.952 bits per heavy atom. The van der Waals surface area contributed by atoms with E-state index in [1.807, 2.05) is 54.6 Å². The molecule has 0 spiro atoms. The lowest BCUT2D eigenvalue weighted by atomic mass is 9.93. The van der Waals surface area contributed by atoms with Crippen LogP contribution in [0.4, 0.5) is 0 Å². The van der Waals surface area contributed by atoms with Crippen LogP contribution in [0.3, 0.4) is 0 Å². The Bertz CT molecular complexity index is 1430. The molecular weight excluding hydrogens is 560 g/mol. The molecule has 0 unspecified atom stereocenters. The number of carbonyl (C=O) groups excluding carboxylic acids is 1. The van der Waals surface area contributed by atoms with Gasteiger partial charge in [-0.25, -0.2) is 8.42 Å². The first-order chi connectivity index (χ1) is 20.3. The molecule has 1 aliphatic rings. The van der Waals surface area contributed by atoms with Gasteiger partial charge in [0.1, 0.15) is 11.5 Å². The van der Waals surface area contributed by atoms with Gasteiger partial charge in [0.15, 0.2) is 5.76 Å². The molecule has 2 N–H and O–H groups in total. The Morgan fingerprint density at radius 3 is 2.21 bits per heavy atom. The van der Waals surface area contributed by atoms with Gasteiger partial charge in [0.2, 0.25) is 16.3 Å². The van der Waals surface area contributed by atoms with Crippen LogP contribution in [0, 0.1) is 0 Å². The number of rotatable bonds is 14. The molecule has 0 aromatic heterocycles. The maximum absolute atomic E-state index is 13.2. The normalized spacial score (nSPS) is 16.8. The first-order valence-corrected chi connectivity index (χ1v) is 15.0. The summed E-state index contributed by atoms with van der Waals surface area (Å²) in [4.78, 5) is 13.2. The van der Waals surface area contributed by atoms with E-state index in [1.165, 1.54) is 19.2 Å². The second-order valence-electron chi connectivity index (χ2n) is 9.54. The van der Waals surface area contributed by atoms with Crippen molar-refractivity contribution in [1.82, 2.24) is 9.62 Å². The fourth-order valence-electron chi connectivity index (χ4n) is 4.51. The maximum atomic E-state index is 13.2. The van der Waals surface area contributed by atoms with Crippen LogP contribution in [-0.4, -0.2) is 70.5 Å². The summed E-state index contributed by atoms with van der Waals surface area (Å²) in [5.74, 6) is 0.799. The van der Waals surface area contributed by atoms with Crippen LogP contribution in [-0.2, 0) is 30.8 Å². The molecular formula is C31H36N2O8S. The zero-order valence-corrected chi connectivity index (χ0v) is 24.5. The zero-order valence-electron chi connectivity index (χ0n) is 23.6. The van der Waals surface area contributed by atoms with Crippen molar-refractivity contribution >= 4 is 15.9 Å². The molecule has 42 heavy (non-hydrogen) atoms. The number of allylic oxidation sites excluding steroid dienone is 1. The van der Waals surface area contributed by atoms with Gasteiger partial charge < -0.3 is 29.4 Å². The highest BCUT2D eigenvalue weighted by Crippen LogP contribution is 2.32. The maximum Gasteiger partial charge on any atom is 0.286 e. The lowest BCUT2D eigenvalue weighted by Gasteiger charge is -2.30. The Hall–Kier alpha value is -3.90. The van der Waals surface area contributed by atoms with E-state index < -0.39 is 16.3 Å². The van der Waals surface area contributed by atoms with Crippen LogP contribution in [0.25, 0.3) is 0 Å². The number of carbonyl (C=O) groups is 1. The number of sulfonamides is 1. The molecule has 1 aliphatic heterocycles. The molecule has 0 radical (unpaired) electrons. The van der Waals surface area contributed by atoms with Gasteiger partial charge in [0.25, 0.3) is 5.91 Å². The van der Waals surface area contributed by atoms with E-state index in [4.69, 9.17) is 18.9 Å². The van der Waals surface area contributed by atoms with Gasteiger partial charge in [0.05, 0.1) is 32.3 Å². The van der Waals surface area contributed by atoms with E-state index in [2.05, 4.69) is 5.32 Å². The molecule has 11 heteroatoms. The van der Waals surface area contributed by atoms with Crippen LogP contribution in [0.1, 0.15) is 23.5 Å². The lowest BCUT2D eigenvalue weighted by Crippen LogP contribution is -2.38. The highest BCUT2D eigenvalue weighted by atomic mass is 32.2. The lowest BCUT2D eigenvalue weighted by molar-refractivity contribution is -0.146. The van der Waals surface area contributed by atoms with Gasteiger partial charge in [0, 0.05) is 32.0 Å². The fourth-order valence-corrected chi connectivity index (χ4v) is 5.93. The molecule has 0 bridgehead atoms. The predicted octanol–water partition coefficient (Wildman–Crippen LogP) is 3.43. The van der Waals surface area contributed by atoms with Gasteiger partial charge in [-0.3, -0.25) is 4.79 Å². The molecule has 0 saturated heterocycles. The quantitative estimate of drug-likeness (QED) is 0.290. The Kier molecular flexibility index (Phi) is 11.0. The molecule has 1 amide bonds. The van der Waals surface area contributed by atoms with Crippen molar-refractivity contribution in [2.45, 2.75) is 30.1 Å². The van der Waals surface area contributed by atoms with Gasteiger partial charge in [-0.2, -0.15) is 4.31 Å². The molecule has 0 saturated carbocycles. The molecule has 3 aromatic carbocycles. The van der Waals surface area contributed by atoms with Crippen molar-refractivity contribution in [2.24, 2.45) is 0 Å². The van der Waals surface area contributed by atoms with Crippen LogP contribution in [0.5, 0.6) is 11.5 Å². The summed E-state index contributed by atoms with van der Waals surface area (Å²) in [5, 5.41) is 12.4. The van der Waals surface area contributed by atoms with Gasteiger partial charge in [-0.05, 0) is 53.6 Å². The number of methoxy groups -OCH3 is 2. The van der Waals surface area contributed by atoms with Gasteiger partial charge >= 0.3 is 0 Å². The van der Waals surface area contributed by atoms with Crippen molar-refractivity contribution in [3.63, 3.8) is 0 Å². The SMILES string of the molecule is COc1ccc([C@H]2C=C(C(=O)NCc3ccccc3)O[C@@H](OCCN(CCO)S(=O)(=O)c3ccc(OC)cc3)C2)cc1. The Morgan fingerprint density at radius 2 is 1.60 bits per heavy atom. The summed E-state index contributed by atoms with van der Waals surface area (Å²) in [6, 6.07) is 23.1. The largest absolute Gasteiger partial charge is 0.497 e. The summed E-state index contributed by atoms with van der Waals surface area (Å²) < 4.78 is 50.0. The number of amides is 1. The van der Waals surface area contributed by atoms with Crippen LogP contribution < -0.4 is 14.8 Å². The van der Waals surface area contributed by atoms with Crippen molar-refractivity contribution in [3.05, 3.63) is 102 Å². The fraction of sp³-hybridized carbons (Fsp3) is 0.323. The first kappa shape index (κ1) is 31.0. The van der Waals surface area contributed by atoms with E-state index in [1.54, 1.807) is 25.3 Å². The first-order valence-electron chi connectivity index (χ1n) is 13.5. The molecule has 3 aromatic rings. The number of ether oxygens (including phenoxy) is 4. The summed E-state index contributed by atoms with van der Waals surface area (Å²) >= 11 is 0. The molecule has 0 fully saturated rings. The number of hydrogen-bond acceptors (Lipinski definition) is 8. The summed E-state index contributed by atoms with van der Waals surface area (Å²) in [7, 11) is -0.806. The van der Waals surface area contributed by atoms with Gasteiger partial charge in [-0.1, -0.05) is 42.5 Å². The van der Waals surface area contributed by atoms with Crippen LogP contribution in [0.2, 0.25) is 0 Å². The van der Waals surface area contributed by atoms with Crippen molar-refractivity contribution in [2.75, 3.05) is 40.5 Å². The van der Waals surface area contributed by atoms with Crippen molar-refractivity contribution in [3.8, 4) is 11.5 Å². The third kappa shape index (κ3) is 8.10. The van der Waals surface area contributed by atoms with E-state index in [0.717, 1.165) is 15.4 Å². The summed E-state index contributed by atoms with van der Waals surface area (Å²) in [6.07, 6.45) is 1.38. The predicted molar refractivity (Wildman–Crippen MR) is 156 cm³/mol. The molecule has 0 aliphatic carbocycles. The summed E-state index contributed by atoms with van der Waals surface area (Å²) in [6.45, 7) is -0.179. The minimum atomic E-state index is -3.90. The highest BCUT2D eigenvalue weighted by molar-refractivity contribution is 7.89. The zero-order chi connectivity index (χ0) is 30.0. The number of aliphatic hydroxyl groups is 1. The molecule has 10 nitrogen and oxygen atoms in total. The van der Waals surface area contributed by atoms with Crippen LogP contribution in [0.15, 0.2) is 95.6 Å². The van der Waals surface area contributed by atoms with E-state index in [-0.39, 0.29) is 48.8 Å². The molecule has 4 rings (SSSR count). The number of aliphatic hydroxyl groups excluding tert-OH is 1. The highest BCUT2D eigenvalue weighted by Gasteiger charge is 2.30.